The summed E-state index contributed by atoms with van der Waals surface area (Å²) in [6.45, 7) is 9.96. The number of rotatable bonds is 2. The Morgan fingerprint density at radius 3 is 2.62 bits per heavy atom. The lowest BCUT2D eigenvalue weighted by Gasteiger charge is -2.25. The average molecular weight is 282 g/mol. The number of nitrogens with one attached hydrogen (secondary N) is 1. The number of hydrogen-bond acceptors (Lipinski definition) is 2. The maximum atomic E-state index is 5.09. The van der Waals surface area contributed by atoms with Gasteiger partial charge in [-0.3, -0.25) is 4.98 Å². The van der Waals surface area contributed by atoms with Crippen molar-refractivity contribution in [1.29, 1.82) is 0 Å². The second-order valence-electron chi connectivity index (χ2n) is 7.10. The normalized spacial score (nSPS) is 15.0. The molecule has 0 saturated carbocycles. The second kappa shape index (κ2) is 5.32. The molecule has 1 heterocycles. The molecule has 0 unspecified atom stereocenters. The van der Waals surface area contributed by atoms with Gasteiger partial charge in [0.15, 0.2) is 0 Å². The van der Waals surface area contributed by atoms with Crippen LogP contribution in [0.2, 0.25) is 0 Å². The summed E-state index contributed by atoms with van der Waals surface area (Å²) < 4.78 is 0. The van der Waals surface area contributed by atoms with Gasteiger partial charge in [-0.2, -0.15) is 0 Å². The minimum Gasteiger partial charge on any atom is -0.384 e. The maximum absolute atomic E-state index is 5.09. The first kappa shape index (κ1) is 14.4. The van der Waals surface area contributed by atoms with Crippen LogP contribution in [0.5, 0.6) is 0 Å². The van der Waals surface area contributed by atoms with Crippen molar-refractivity contribution in [1.82, 2.24) is 4.98 Å². The predicted molar refractivity (Wildman–Crippen MR) is 91.2 cm³/mol. The molecule has 0 spiro atoms. The van der Waals surface area contributed by atoms with Gasteiger partial charge in [0, 0.05) is 23.3 Å². The van der Waals surface area contributed by atoms with Crippen LogP contribution in [0.25, 0.3) is 10.9 Å². The first-order valence-electron chi connectivity index (χ1n) is 8.21. The highest BCUT2D eigenvalue weighted by Crippen LogP contribution is 2.37. The molecular weight excluding hydrogens is 256 g/mol. The van der Waals surface area contributed by atoms with Gasteiger partial charge < -0.3 is 5.32 Å². The zero-order valence-electron chi connectivity index (χ0n) is 13.7. The highest BCUT2D eigenvalue weighted by molar-refractivity contribution is 5.95. The van der Waals surface area contributed by atoms with E-state index < -0.39 is 0 Å². The van der Waals surface area contributed by atoms with Gasteiger partial charge in [0.25, 0.3) is 0 Å². The topological polar surface area (TPSA) is 24.9 Å². The van der Waals surface area contributed by atoms with Gasteiger partial charge in [-0.15, -0.1) is 0 Å². The molecule has 0 saturated heterocycles. The Hall–Kier alpha value is -1.57. The van der Waals surface area contributed by atoms with E-state index >= 15 is 0 Å². The first-order chi connectivity index (χ1) is 10.0. The molecule has 2 aromatic rings. The largest absolute Gasteiger partial charge is 0.384 e. The third-order valence-electron chi connectivity index (χ3n) is 4.45. The zero-order chi connectivity index (χ0) is 15.0. The van der Waals surface area contributed by atoms with Gasteiger partial charge in [0.05, 0.1) is 5.52 Å². The summed E-state index contributed by atoms with van der Waals surface area (Å²) in [5.74, 6) is 0. The molecule has 112 valence electrons. The predicted octanol–water partition coefficient (Wildman–Crippen LogP) is 4.84. The van der Waals surface area contributed by atoms with Gasteiger partial charge >= 0.3 is 0 Å². The van der Waals surface area contributed by atoms with Crippen molar-refractivity contribution < 1.29 is 0 Å². The third-order valence-corrected chi connectivity index (χ3v) is 4.45. The second-order valence-corrected chi connectivity index (χ2v) is 7.10. The Bertz CT molecular complexity index is 665. The lowest BCUT2D eigenvalue weighted by atomic mass is 9.84. The van der Waals surface area contributed by atoms with E-state index in [1.54, 1.807) is 0 Å². The number of benzene rings is 1. The number of aryl methyl sites for hydroxylation is 1. The van der Waals surface area contributed by atoms with E-state index in [0.29, 0.717) is 0 Å². The molecule has 0 radical (unpaired) electrons. The third kappa shape index (κ3) is 2.52. The zero-order valence-corrected chi connectivity index (χ0v) is 13.7. The van der Waals surface area contributed by atoms with Crippen LogP contribution in [-0.2, 0) is 18.3 Å². The molecule has 2 nitrogen and oxygen atoms in total. The highest BCUT2D eigenvalue weighted by atomic mass is 14.9. The molecule has 2 heteroatoms. The molecule has 0 aliphatic heterocycles. The first-order valence-corrected chi connectivity index (χ1v) is 8.21. The summed E-state index contributed by atoms with van der Waals surface area (Å²) in [6.07, 6.45) is 4.86. The molecule has 21 heavy (non-hydrogen) atoms. The number of pyridine rings is 1. The highest BCUT2D eigenvalue weighted by Gasteiger charge is 2.23. The number of aromatic nitrogens is 1. The van der Waals surface area contributed by atoms with Crippen LogP contribution < -0.4 is 5.32 Å². The van der Waals surface area contributed by atoms with E-state index in [1.807, 2.05) is 0 Å². The SMILES string of the molecule is CCNc1c2c(nc3c(C(C)(C)C)cccc13)CCCC2. The van der Waals surface area contributed by atoms with Crippen molar-refractivity contribution in [3.05, 3.63) is 35.0 Å². The van der Waals surface area contributed by atoms with Crippen molar-refractivity contribution in [2.75, 3.05) is 11.9 Å². The van der Waals surface area contributed by atoms with Crippen LogP contribution in [-0.4, -0.2) is 11.5 Å². The number of hydrogen-bond donors (Lipinski definition) is 1. The molecule has 0 amide bonds. The van der Waals surface area contributed by atoms with Crippen molar-refractivity contribution in [2.24, 2.45) is 0 Å². The minimum absolute atomic E-state index is 0.124. The van der Waals surface area contributed by atoms with Crippen LogP contribution in [0, 0.1) is 0 Å². The van der Waals surface area contributed by atoms with Crippen molar-refractivity contribution >= 4 is 16.6 Å². The van der Waals surface area contributed by atoms with Crippen LogP contribution in [0.1, 0.15) is 57.4 Å². The van der Waals surface area contributed by atoms with E-state index in [-0.39, 0.29) is 5.41 Å². The number of fused-ring (bicyclic) bond motifs is 2. The van der Waals surface area contributed by atoms with E-state index in [1.165, 1.54) is 52.7 Å². The lowest BCUT2D eigenvalue weighted by Crippen LogP contribution is -2.16. The Morgan fingerprint density at radius 1 is 1.14 bits per heavy atom. The van der Waals surface area contributed by atoms with E-state index in [9.17, 15) is 0 Å². The van der Waals surface area contributed by atoms with E-state index in [4.69, 9.17) is 4.98 Å². The van der Waals surface area contributed by atoms with Crippen LogP contribution in [0.3, 0.4) is 0 Å². The van der Waals surface area contributed by atoms with Gasteiger partial charge in [-0.1, -0.05) is 39.0 Å². The molecular formula is C19H26N2. The van der Waals surface area contributed by atoms with Crippen molar-refractivity contribution in [3.63, 3.8) is 0 Å². The standard InChI is InChI=1S/C19H26N2/c1-5-20-17-13-9-6-7-12-16(13)21-18-14(17)10-8-11-15(18)19(2,3)4/h8,10-11H,5-7,9,12H2,1-4H3,(H,20,21). The van der Waals surface area contributed by atoms with E-state index in [0.717, 1.165) is 13.0 Å². The minimum atomic E-state index is 0.124. The maximum Gasteiger partial charge on any atom is 0.0763 e. The van der Waals surface area contributed by atoms with Crippen molar-refractivity contribution in [2.45, 2.75) is 58.8 Å². The summed E-state index contributed by atoms with van der Waals surface area (Å²) in [4.78, 5) is 5.09. The molecule has 1 aromatic carbocycles. The number of nitrogens with zero attached hydrogens (tertiary/aromatic N) is 1. The summed E-state index contributed by atoms with van der Waals surface area (Å²) in [5.41, 5.74) is 6.79. The smallest absolute Gasteiger partial charge is 0.0763 e. The van der Waals surface area contributed by atoms with Crippen molar-refractivity contribution in [3.8, 4) is 0 Å². The number of para-hydroxylation sites is 1. The van der Waals surface area contributed by atoms with Crippen LogP contribution in [0.15, 0.2) is 18.2 Å². The quantitative estimate of drug-likeness (QED) is 0.852. The Morgan fingerprint density at radius 2 is 1.90 bits per heavy atom. The molecule has 1 N–H and O–H groups in total. The summed E-state index contributed by atoms with van der Waals surface area (Å²) in [7, 11) is 0. The molecule has 0 atom stereocenters. The molecule has 1 aliphatic rings. The number of anilines is 1. The Balaban J connectivity index is 2.34. The summed E-state index contributed by atoms with van der Waals surface area (Å²) >= 11 is 0. The fourth-order valence-electron chi connectivity index (χ4n) is 3.43. The fourth-order valence-corrected chi connectivity index (χ4v) is 3.43. The average Bonchev–Trinajstić information content (AvgIpc) is 2.45. The lowest BCUT2D eigenvalue weighted by molar-refractivity contribution is 0.593. The molecule has 1 aromatic heterocycles. The molecule has 0 bridgehead atoms. The van der Waals surface area contributed by atoms with Gasteiger partial charge in [-0.05, 0) is 49.1 Å². The van der Waals surface area contributed by atoms with E-state index in [2.05, 4.69) is 51.2 Å². The monoisotopic (exact) mass is 282 g/mol. The fraction of sp³-hybridized carbons (Fsp3) is 0.526. The van der Waals surface area contributed by atoms with Gasteiger partial charge in [-0.25, -0.2) is 0 Å². The molecule has 3 rings (SSSR count). The summed E-state index contributed by atoms with van der Waals surface area (Å²) in [5, 5.41) is 4.91. The van der Waals surface area contributed by atoms with Gasteiger partial charge in [0.2, 0.25) is 0 Å². The Labute approximate surface area is 128 Å². The van der Waals surface area contributed by atoms with Crippen LogP contribution >= 0.6 is 0 Å². The Kier molecular flexibility index (Phi) is 3.64. The van der Waals surface area contributed by atoms with Crippen LogP contribution in [0.4, 0.5) is 5.69 Å². The van der Waals surface area contributed by atoms with Gasteiger partial charge in [0.1, 0.15) is 0 Å². The summed E-state index contributed by atoms with van der Waals surface area (Å²) in [6, 6.07) is 6.64. The molecule has 0 fully saturated rings. The molecule has 1 aliphatic carbocycles.